The minimum atomic E-state index is 0.263. The Kier molecular flexibility index (Phi) is 13.6. The predicted octanol–water partition coefficient (Wildman–Crippen LogP) is 23.8. The molecular formula is C82H74N2O2. The third-order valence-electron chi connectivity index (χ3n) is 19.8. The van der Waals surface area contributed by atoms with Gasteiger partial charge in [-0.15, -0.1) is 0 Å². The summed E-state index contributed by atoms with van der Waals surface area (Å²) in [5.74, 6) is 1.07. The number of aromatic hydroxyl groups is 1. The third kappa shape index (κ3) is 8.85. The highest BCUT2D eigenvalue weighted by atomic mass is 16.3. The third-order valence-corrected chi connectivity index (χ3v) is 19.8. The molecule has 0 aliphatic heterocycles. The van der Waals surface area contributed by atoms with Gasteiger partial charge in [0.2, 0.25) is 0 Å². The summed E-state index contributed by atoms with van der Waals surface area (Å²) >= 11 is 0. The molecule has 2 saturated carbocycles. The molecule has 0 spiro atoms. The number of anilines is 6. The minimum absolute atomic E-state index is 0.263. The van der Waals surface area contributed by atoms with Gasteiger partial charge in [0.1, 0.15) is 11.3 Å². The molecule has 12 aromatic carbocycles. The van der Waals surface area contributed by atoms with E-state index < -0.39 is 0 Å². The fourth-order valence-electron chi connectivity index (χ4n) is 15.4. The van der Waals surface area contributed by atoms with Crippen molar-refractivity contribution in [3.63, 3.8) is 0 Å². The molecule has 0 amide bonds. The lowest BCUT2D eigenvalue weighted by molar-refractivity contribution is 0.478. The molecule has 4 nitrogen and oxygen atoms in total. The van der Waals surface area contributed by atoms with Gasteiger partial charge in [-0.3, -0.25) is 0 Å². The van der Waals surface area contributed by atoms with Crippen molar-refractivity contribution in [2.75, 3.05) is 9.80 Å². The number of hydrogen-bond donors (Lipinski definition) is 1. The molecule has 0 radical (unpaired) electrons. The quantitative estimate of drug-likeness (QED) is 0.117. The number of para-hydroxylation sites is 3. The molecule has 2 aliphatic rings. The normalized spacial score (nSPS) is 14.1. The van der Waals surface area contributed by atoms with Crippen LogP contribution in [0.15, 0.2) is 205 Å². The number of furan rings is 1. The summed E-state index contributed by atoms with van der Waals surface area (Å²) < 4.78 is 7.45. The summed E-state index contributed by atoms with van der Waals surface area (Å²) in [6.07, 6.45) is 11.4. The Hall–Kier alpha value is -9.12. The maximum Gasteiger partial charge on any atom is 0.159 e. The van der Waals surface area contributed by atoms with E-state index in [1.165, 1.54) is 114 Å². The van der Waals surface area contributed by atoms with Crippen LogP contribution in [0.4, 0.5) is 34.1 Å². The van der Waals surface area contributed by atoms with E-state index in [1.807, 2.05) is 0 Å². The number of phenolic OH excluding ortho intramolecular Hbond substituents is 1. The molecule has 4 heteroatoms. The smallest absolute Gasteiger partial charge is 0.159 e. The molecule has 1 aromatic heterocycles. The SMILES string of the molecule is CCc1ccccc1-c1cccc(-c2cccc(N(c3cc(C)ccc3C)c3cc(C4CCCC4)c4ccc5c(N(c6cc(C)ccc6C)c6cccc7c6oc6c(-c8ccccc8CC)cccc67)cc(C6CCCC6)c6ccc3c4c65)c2O)c1. The van der Waals surface area contributed by atoms with Gasteiger partial charge in [0.05, 0.1) is 22.7 Å². The van der Waals surface area contributed by atoms with Crippen molar-refractivity contribution in [1.29, 1.82) is 0 Å². The van der Waals surface area contributed by atoms with Crippen LogP contribution < -0.4 is 9.80 Å². The fourth-order valence-corrected chi connectivity index (χ4v) is 15.4. The van der Waals surface area contributed by atoms with Crippen molar-refractivity contribution in [3.05, 3.63) is 245 Å². The van der Waals surface area contributed by atoms with Crippen LogP contribution in [0.3, 0.4) is 0 Å². The lowest BCUT2D eigenvalue weighted by Gasteiger charge is -2.33. The van der Waals surface area contributed by atoms with Gasteiger partial charge >= 0.3 is 0 Å². The highest BCUT2D eigenvalue weighted by molar-refractivity contribution is 6.30. The predicted molar refractivity (Wildman–Crippen MR) is 365 cm³/mol. The first-order valence-electron chi connectivity index (χ1n) is 31.7. The van der Waals surface area contributed by atoms with Crippen LogP contribution in [0.2, 0.25) is 0 Å². The highest BCUT2D eigenvalue weighted by Crippen LogP contribution is 2.56. The number of rotatable bonds is 13. The number of benzene rings is 12. The highest BCUT2D eigenvalue weighted by Gasteiger charge is 2.32. The Labute approximate surface area is 506 Å². The molecule has 2 fully saturated rings. The van der Waals surface area contributed by atoms with Crippen molar-refractivity contribution in [2.24, 2.45) is 0 Å². The van der Waals surface area contributed by atoms with E-state index in [0.717, 1.165) is 117 Å². The minimum Gasteiger partial charge on any atom is -0.505 e. The molecule has 1 N–H and O–H groups in total. The van der Waals surface area contributed by atoms with Gasteiger partial charge in [-0.25, -0.2) is 0 Å². The van der Waals surface area contributed by atoms with E-state index in [2.05, 4.69) is 252 Å². The van der Waals surface area contributed by atoms with E-state index in [0.29, 0.717) is 11.8 Å². The van der Waals surface area contributed by atoms with E-state index in [1.54, 1.807) is 0 Å². The van der Waals surface area contributed by atoms with Gasteiger partial charge in [-0.05, 0) is 209 Å². The molecule has 13 aromatic rings. The first-order chi connectivity index (χ1) is 42.1. The second-order valence-electron chi connectivity index (χ2n) is 25.0. The van der Waals surface area contributed by atoms with Gasteiger partial charge < -0.3 is 19.3 Å². The molecule has 1 heterocycles. The van der Waals surface area contributed by atoms with E-state index in [4.69, 9.17) is 4.42 Å². The van der Waals surface area contributed by atoms with Crippen LogP contribution in [0.25, 0.3) is 87.6 Å². The molecule has 0 saturated heterocycles. The average Bonchev–Trinajstić information content (AvgIpc) is 2.46. The van der Waals surface area contributed by atoms with Crippen LogP contribution in [-0.2, 0) is 12.8 Å². The van der Waals surface area contributed by atoms with Crippen molar-refractivity contribution in [1.82, 2.24) is 0 Å². The van der Waals surface area contributed by atoms with E-state index in [9.17, 15) is 5.11 Å². The average molecular weight is 1120 g/mol. The summed E-state index contributed by atoms with van der Waals surface area (Å²) in [6, 6.07) is 74.7. The summed E-state index contributed by atoms with van der Waals surface area (Å²) in [6.45, 7) is 13.4. The van der Waals surface area contributed by atoms with Gasteiger partial charge in [0, 0.05) is 44.0 Å². The Morgan fingerprint density at radius 1 is 0.372 bits per heavy atom. The summed E-state index contributed by atoms with van der Waals surface area (Å²) in [4.78, 5) is 4.98. The molecule has 0 unspecified atom stereocenters. The van der Waals surface area contributed by atoms with Crippen LogP contribution in [0.1, 0.15) is 122 Å². The summed E-state index contributed by atoms with van der Waals surface area (Å²) in [5.41, 5.74) is 24.7. The second-order valence-corrected chi connectivity index (χ2v) is 25.0. The Morgan fingerprint density at radius 2 is 0.826 bits per heavy atom. The topological polar surface area (TPSA) is 39.9 Å². The Bertz CT molecular complexity index is 4780. The van der Waals surface area contributed by atoms with Gasteiger partial charge in [0.25, 0.3) is 0 Å². The second kappa shape index (κ2) is 21.7. The van der Waals surface area contributed by atoms with E-state index >= 15 is 0 Å². The molecular weight excluding hydrogens is 1040 g/mol. The van der Waals surface area contributed by atoms with Gasteiger partial charge in [0.15, 0.2) is 5.58 Å². The van der Waals surface area contributed by atoms with Crippen LogP contribution >= 0.6 is 0 Å². The first-order valence-corrected chi connectivity index (χ1v) is 31.7. The number of phenols is 1. The monoisotopic (exact) mass is 1120 g/mol. The lowest BCUT2D eigenvalue weighted by Crippen LogP contribution is -2.15. The standard InChI is InChI=1S/C82H74N2O2/c1-7-54-21-13-15-29-60(54)58-27-17-28-59(47-58)62-31-19-35-72(80(62)85)83(74-45-50(3)37-39-52(74)5)76-48-70(56-23-9-10-24-56)63-42-44-69-77(49-71(57-25-11-12-26-57)64-41-43-68(76)78(63)79(64)69)84(75-46-51(4)38-40-53(75)6)73-36-20-34-67-66-33-18-32-65(81(66)86-82(67)73)61-30-16-14-22-55(61)8-2/h13-22,27-49,56-57,85H,7-12,23-26H2,1-6H3. The molecule has 2 aliphatic carbocycles. The Balaban J connectivity index is 1.02. The van der Waals surface area contributed by atoms with Crippen molar-refractivity contribution in [2.45, 2.75) is 118 Å². The number of aryl methyl sites for hydroxylation is 6. The lowest BCUT2D eigenvalue weighted by atomic mass is 9.82. The zero-order valence-corrected chi connectivity index (χ0v) is 50.5. The largest absolute Gasteiger partial charge is 0.505 e. The number of nitrogens with zero attached hydrogens (tertiary/aromatic N) is 2. The van der Waals surface area contributed by atoms with Crippen LogP contribution in [0, 0.1) is 27.7 Å². The maximum absolute atomic E-state index is 13.3. The zero-order valence-electron chi connectivity index (χ0n) is 50.5. The molecule has 0 bridgehead atoms. The van der Waals surface area contributed by atoms with Crippen molar-refractivity contribution in [3.8, 4) is 39.1 Å². The van der Waals surface area contributed by atoms with Crippen LogP contribution in [0.5, 0.6) is 5.75 Å². The van der Waals surface area contributed by atoms with Crippen molar-refractivity contribution < 1.29 is 9.52 Å². The number of hydrogen-bond acceptors (Lipinski definition) is 4. The molecule has 15 rings (SSSR count). The molecule has 86 heavy (non-hydrogen) atoms. The van der Waals surface area contributed by atoms with Gasteiger partial charge in [-0.1, -0.05) is 197 Å². The first kappa shape index (κ1) is 53.6. The molecule has 0 atom stereocenters. The Morgan fingerprint density at radius 3 is 1.42 bits per heavy atom. The molecule has 424 valence electrons. The maximum atomic E-state index is 13.3. The van der Waals surface area contributed by atoms with Crippen LogP contribution in [-0.4, -0.2) is 5.11 Å². The number of fused-ring (bicyclic) bond motifs is 3. The summed E-state index contributed by atoms with van der Waals surface area (Å²) in [5, 5.41) is 23.2. The fraction of sp³-hybridized carbons (Fsp3) is 0.220. The zero-order chi connectivity index (χ0) is 58.3. The van der Waals surface area contributed by atoms with E-state index in [-0.39, 0.29) is 5.75 Å². The van der Waals surface area contributed by atoms with Crippen molar-refractivity contribution >= 4 is 88.4 Å². The van der Waals surface area contributed by atoms with Gasteiger partial charge in [-0.2, -0.15) is 0 Å². The summed E-state index contributed by atoms with van der Waals surface area (Å²) in [7, 11) is 0.